The Kier molecular flexibility index (Phi) is 4.23. The van der Waals surface area contributed by atoms with E-state index in [0.717, 1.165) is 0 Å². The quantitative estimate of drug-likeness (QED) is 0.627. The molecular weight excluding hydrogens is 347 g/mol. The standard InChI is InChI=1S/C16H22IN2/c1-11-7-13(3)18(14(4)8-11)17-19-15(5)9-12(2)10-16(19)6/h7-10H,1-6H3/q+1. The summed E-state index contributed by atoms with van der Waals surface area (Å²) in [5.41, 5.74) is 8.12. The molecule has 0 radical (unpaired) electrons. The van der Waals surface area contributed by atoms with Gasteiger partial charge in [-0.2, -0.15) is 0 Å². The molecule has 0 atom stereocenters. The van der Waals surface area contributed by atoms with Crippen LogP contribution in [-0.2, 0) is 0 Å². The minimum absolute atomic E-state index is 0.250. The SMILES string of the molecule is Cc1cc(C)[n+]([I-][n+]2c(C)cc(C)cc2C)c(C)c1. The summed E-state index contributed by atoms with van der Waals surface area (Å²) in [5, 5.41) is 0. The van der Waals surface area contributed by atoms with Gasteiger partial charge in [0.25, 0.3) is 0 Å². The molecule has 0 saturated heterocycles. The summed E-state index contributed by atoms with van der Waals surface area (Å²) in [6.07, 6.45) is 0. The Morgan fingerprint density at radius 2 is 0.842 bits per heavy atom. The van der Waals surface area contributed by atoms with Crippen LogP contribution >= 0.6 is 0 Å². The normalized spacial score (nSPS) is 11.1. The van der Waals surface area contributed by atoms with Crippen molar-refractivity contribution in [3.8, 4) is 0 Å². The fraction of sp³-hybridized carbons (Fsp3) is 0.375. The second-order valence-electron chi connectivity index (χ2n) is 5.27. The number of rotatable bonds is 2. The monoisotopic (exact) mass is 369 g/mol. The van der Waals surface area contributed by atoms with Crippen molar-refractivity contribution in [2.24, 2.45) is 0 Å². The van der Waals surface area contributed by atoms with E-state index in [1.807, 2.05) is 0 Å². The van der Waals surface area contributed by atoms with E-state index in [1.54, 1.807) is 0 Å². The van der Waals surface area contributed by atoms with Crippen molar-refractivity contribution in [2.75, 3.05) is 0 Å². The zero-order valence-electron chi connectivity index (χ0n) is 12.6. The Hall–Kier alpha value is -0.970. The zero-order valence-corrected chi connectivity index (χ0v) is 14.7. The summed E-state index contributed by atoms with van der Waals surface area (Å²) >= 11 is -0.250. The molecule has 2 heterocycles. The molecule has 0 unspecified atom stereocenters. The summed E-state index contributed by atoms with van der Waals surface area (Å²) in [6, 6.07) is 9.08. The van der Waals surface area contributed by atoms with Crippen LogP contribution in [0.15, 0.2) is 24.3 Å². The average Bonchev–Trinajstić information content (AvgIpc) is 2.25. The van der Waals surface area contributed by atoms with E-state index in [4.69, 9.17) is 0 Å². The summed E-state index contributed by atoms with van der Waals surface area (Å²) in [5.74, 6) is 0. The van der Waals surface area contributed by atoms with Gasteiger partial charge in [0, 0.05) is 0 Å². The molecule has 2 nitrogen and oxygen atoms in total. The summed E-state index contributed by atoms with van der Waals surface area (Å²) in [6.45, 7) is 13.2. The fourth-order valence-corrected chi connectivity index (χ4v) is 4.85. The molecule has 0 bridgehead atoms. The predicted octanol–water partition coefficient (Wildman–Crippen LogP) is -0.572. The van der Waals surface area contributed by atoms with E-state index < -0.39 is 0 Å². The molecule has 2 aromatic rings. The Morgan fingerprint density at radius 1 is 0.579 bits per heavy atom. The van der Waals surface area contributed by atoms with Gasteiger partial charge in [0.1, 0.15) is 0 Å². The van der Waals surface area contributed by atoms with E-state index in [9.17, 15) is 0 Å². The van der Waals surface area contributed by atoms with Gasteiger partial charge in [-0.25, -0.2) is 0 Å². The minimum atomic E-state index is -0.250. The molecule has 0 aromatic carbocycles. The second-order valence-corrected chi connectivity index (χ2v) is 7.63. The van der Waals surface area contributed by atoms with Crippen molar-refractivity contribution in [1.82, 2.24) is 0 Å². The van der Waals surface area contributed by atoms with Crippen LogP contribution in [0.1, 0.15) is 33.9 Å². The molecule has 0 aliphatic heterocycles. The van der Waals surface area contributed by atoms with Crippen LogP contribution < -0.4 is 27.3 Å². The predicted molar refractivity (Wildman–Crippen MR) is 72.5 cm³/mol. The summed E-state index contributed by atoms with van der Waals surface area (Å²) in [4.78, 5) is 0. The molecule has 0 saturated carbocycles. The molecule has 2 rings (SSSR count). The third-order valence-corrected chi connectivity index (χ3v) is 7.04. The van der Waals surface area contributed by atoms with Gasteiger partial charge in [0.15, 0.2) is 0 Å². The van der Waals surface area contributed by atoms with Crippen LogP contribution in [-0.4, -0.2) is 0 Å². The maximum absolute atomic E-state index is 2.47. The Morgan fingerprint density at radius 3 is 1.11 bits per heavy atom. The number of nitrogens with zero attached hydrogens (tertiary/aromatic N) is 2. The van der Waals surface area contributed by atoms with Gasteiger partial charge in [0.05, 0.1) is 0 Å². The Labute approximate surface area is 127 Å². The van der Waals surface area contributed by atoms with Gasteiger partial charge < -0.3 is 0 Å². The van der Waals surface area contributed by atoms with Crippen molar-refractivity contribution in [3.05, 3.63) is 58.2 Å². The molecular formula is C16H22IN2+. The van der Waals surface area contributed by atoms with Gasteiger partial charge in [-0.1, -0.05) is 0 Å². The van der Waals surface area contributed by atoms with Gasteiger partial charge in [-0.3, -0.25) is 0 Å². The van der Waals surface area contributed by atoms with Crippen LogP contribution in [0.4, 0.5) is 0 Å². The van der Waals surface area contributed by atoms with Gasteiger partial charge in [-0.15, -0.1) is 0 Å². The van der Waals surface area contributed by atoms with Crippen LogP contribution in [0.3, 0.4) is 0 Å². The number of pyridine rings is 2. The van der Waals surface area contributed by atoms with E-state index in [1.165, 1.54) is 33.9 Å². The Bertz CT molecular complexity index is 531. The topological polar surface area (TPSA) is 7.76 Å². The molecule has 0 spiro atoms. The third kappa shape index (κ3) is 3.14. The fourth-order valence-electron chi connectivity index (χ4n) is 2.50. The molecule has 0 aliphatic carbocycles. The van der Waals surface area contributed by atoms with Crippen molar-refractivity contribution < 1.29 is 27.3 Å². The van der Waals surface area contributed by atoms with Gasteiger partial charge >= 0.3 is 127 Å². The zero-order chi connectivity index (χ0) is 14.2. The number of aryl methyl sites for hydroxylation is 6. The first-order valence-electron chi connectivity index (χ1n) is 6.54. The number of halogens is 1. The number of hydrogen-bond acceptors (Lipinski definition) is 0. The van der Waals surface area contributed by atoms with Crippen LogP contribution in [0.25, 0.3) is 0 Å². The first kappa shape index (κ1) is 14.4. The molecule has 0 fully saturated rings. The van der Waals surface area contributed by atoms with Crippen LogP contribution in [0, 0.1) is 41.5 Å². The molecule has 0 amide bonds. The third-order valence-electron chi connectivity index (χ3n) is 3.14. The Balaban J connectivity index is 2.48. The van der Waals surface area contributed by atoms with Gasteiger partial charge in [0.2, 0.25) is 0 Å². The average molecular weight is 369 g/mol. The molecule has 0 N–H and O–H groups in total. The van der Waals surface area contributed by atoms with E-state index in [0.29, 0.717) is 0 Å². The molecule has 102 valence electrons. The maximum atomic E-state index is 2.47. The number of hydrogen-bond donors (Lipinski definition) is 0. The van der Waals surface area contributed by atoms with Crippen molar-refractivity contribution in [3.63, 3.8) is 0 Å². The molecule has 3 heteroatoms. The van der Waals surface area contributed by atoms with Gasteiger partial charge in [-0.05, 0) is 0 Å². The summed E-state index contributed by atoms with van der Waals surface area (Å²) in [7, 11) is 0. The summed E-state index contributed by atoms with van der Waals surface area (Å²) < 4.78 is 4.95. The van der Waals surface area contributed by atoms with Crippen molar-refractivity contribution >= 4 is 0 Å². The van der Waals surface area contributed by atoms with Crippen molar-refractivity contribution in [2.45, 2.75) is 41.5 Å². The first-order valence-corrected chi connectivity index (χ1v) is 8.47. The van der Waals surface area contributed by atoms with Crippen LogP contribution in [0.5, 0.6) is 0 Å². The molecule has 19 heavy (non-hydrogen) atoms. The van der Waals surface area contributed by atoms with E-state index >= 15 is 0 Å². The van der Waals surface area contributed by atoms with Crippen LogP contribution in [0.2, 0.25) is 0 Å². The molecule has 0 aliphatic rings. The first-order chi connectivity index (χ1) is 8.88. The van der Waals surface area contributed by atoms with E-state index in [-0.39, 0.29) is 21.8 Å². The molecule has 2 aromatic heterocycles. The number of aromatic nitrogens is 2. The van der Waals surface area contributed by atoms with E-state index in [2.05, 4.69) is 71.4 Å². The van der Waals surface area contributed by atoms with Crippen molar-refractivity contribution in [1.29, 1.82) is 0 Å². The second kappa shape index (κ2) is 5.57.